The van der Waals surface area contributed by atoms with Gasteiger partial charge in [0.15, 0.2) is 0 Å². The van der Waals surface area contributed by atoms with Crippen molar-refractivity contribution in [2.75, 3.05) is 0 Å². The van der Waals surface area contributed by atoms with Gasteiger partial charge in [-0.1, -0.05) is 47.5 Å². The summed E-state index contributed by atoms with van der Waals surface area (Å²) in [6.45, 7) is 0. The topological polar surface area (TPSA) is 12.4 Å². The van der Waals surface area contributed by atoms with Gasteiger partial charge in [-0.15, -0.1) is 0 Å². The van der Waals surface area contributed by atoms with Gasteiger partial charge in [0.1, 0.15) is 0 Å². The fourth-order valence-corrected chi connectivity index (χ4v) is 1.56. The number of nitrogens with zero attached hydrogens (tertiary/aromatic N) is 1. The summed E-state index contributed by atoms with van der Waals surface area (Å²) in [5.41, 5.74) is 1.84. The van der Waals surface area contributed by atoms with Gasteiger partial charge < -0.3 is 0 Å². The molecule has 16 heavy (non-hydrogen) atoms. The van der Waals surface area contributed by atoms with E-state index in [2.05, 4.69) is 4.99 Å². The average molecular weight is 250 g/mol. The number of halogens is 2. The third-order valence-electron chi connectivity index (χ3n) is 2.06. The Morgan fingerprint density at radius 3 is 2.31 bits per heavy atom. The van der Waals surface area contributed by atoms with Crippen molar-refractivity contribution in [3.63, 3.8) is 0 Å². The predicted octanol–water partition coefficient (Wildman–Crippen LogP) is 4.74. The highest BCUT2D eigenvalue weighted by Gasteiger charge is 1.96. The smallest absolute Gasteiger partial charge is 0.0629 e. The van der Waals surface area contributed by atoms with E-state index in [1.165, 1.54) is 0 Å². The van der Waals surface area contributed by atoms with E-state index in [4.69, 9.17) is 23.2 Å². The Hall–Kier alpha value is -1.31. The van der Waals surface area contributed by atoms with Crippen LogP contribution >= 0.6 is 23.2 Å². The van der Waals surface area contributed by atoms with Crippen LogP contribution in [-0.2, 0) is 0 Å². The lowest BCUT2D eigenvalue weighted by Crippen LogP contribution is -1.80. The molecule has 0 saturated carbocycles. The van der Waals surface area contributed by atoms with Crippen LogP contribution < -0.4 is 0 Å². The standard InChI is InChI=1S/C13H9Cl2N/c14-12-7-6-10(8-13(12)15)9-16-11-4-2-1-3-5-11/h1-9H/b16-9+. The first-order valence-electron chi connectivity index (χ1n) is 4.80. The third-order valence-corrected chi connectivity index (χ3v) is 2.80. The molecular weight excluding hydrogens is 241 g/mol. The SMILES string of the molecule is Clc1ccc(/C=N/c2ccccc2)cc1Cl. The quantitative estimate of drug-likeness (QED) is 0.682. The second-order valence-corrected chi connectivity index (χ2v) is 4.08. The van der Waals surface area contributed by atoms with E-state index in [1.807, 2.05) is 36.4 Å². The molecular formula is C13H9Cl2N. The van der Waals surface area contributed by atoms with Gasteiger partial charge in [0, 0.05) is 6.21 Å². The highest BCUT2D eigenvalue weighted by molar-refractivity contribution is 6.42. The lowest BCUT2D eigenvalue weighted by Gasteiger charge is -1.97. The normalized spacial score (nSPS) is 10.9. The van der Waals surface area contributed by atoms with Crippen LogP contribution in [0.2, 0.25) is 10.0 Å². The van der Waals surface area contributed by atoms with Gasteiger partial charge >= 0.3 is 0 Å². The maximum absolute atomic E-state index is 5.90. The second-order valence-electron chi connectivity index (χ2n) is 3.27. The number of hydrogen-bond acceptors (Lipinski definition) is 1. The Balaban J connectivity index is 2.21. The first-order valence-corrected chi connectivity index (χ1v) is 5.55. The molecule has 2 aromatic carbocycles. The van der Waals surface area contributed by atoms with E-state index >= 15 is 0 Å². The Labute approximate surface area is 104 Å². The Morgan fingerprint density at radius 2 is 1.62 bits per heavy atom. The summed E-state index contributed by atoms with van der Waals surface area (Å²) in [7, 11) is 0. The Kier molecular flexibility index (Phi) is 3.60. The molecule has 80 valence electrons. The van der Waals surface area contributed by atoms with Gasteiger partial charge in [-0.3, -0.25) is 4.99 Å². The molecule has 0 atom stereocenters. The van der Waals surface area contributed by atoms with Gasteiger partial charge in [-0.2, -0.15) is 0 Å². The van der Waals surface area contributed by atoms with Crippen molar-refractivity contribution in [1.82, 2.24) is 0 Å². The van der Waals surface area contributed by atoms with Crippen LogP contribution in [0.4, 0.5) is 5.69 Å². The maximum atomic E-state index is 5.90. The van der Waals surface area contributed by atoms with Crippen molar-refractivity contribution in [3.8, 4) is 0 Å². The van der Waals surface area contributed by atoms with Crippen molar-refractivity contribution >= 4 is 35.1 Å². The van der Waals surface area contributed by atoms with Crippen LogP contribution in [-0.4, -0.2) is 6.21 Å². The summed E-state index contributed by atoms with van der Waals surface area (Å²) in [6, 6.07) is 15.1. The Bertz CT molecular complexity index is 507. The van der Waals surface area contributed by atoms with E-state index in [0.717, 1.165) is 11.3 Å². The van der Waals surface area contributed by atoms with Crippen LogP contribution in [0.25, 0.3) is 0 Å². The van der Waals surface area contributed by atoms with Crippen molar-refractivity contribution in [3.05, 3.63) is 64.1 Å². The molecule has 2 rings (SSSR count). The van der Waals surface area contributed by atoms with Gasteiger partial charge in [-0.05, 0) is 29.8 Å². The first-order chi connectivity index (χ1) is 7.75. The van der Waals surface area contributed by atoms with Gasteiger partial charge in [0.25, 0.3) is 0 Å². The van der Waals surface area contributed by atoms with Gasteiger partial charge in [-0.25, -0.2) is 0 Å². The fourth-order valence-electron chi connectivity index (χ4n) is 1.26. The summed E-state index contributed by atoms with van der Waals surface area (Å²) >= 11 is 11.7. The van der Waals surface area contributed by atoms with Crippen molar-refractivity contribution in [2.45, 2.75) is 0 Å². The highest BCUT2D eigenvalue weighted by atomic mass is 35.5. The molecule has 2 aromatic rings. The molecule has 0 aliphatic heterocycles. The number of para-hydroxylation sites is 1. The molecule has 1 nitrogen and oxygen atoms in total. The second kappa shape index (κ2) is 5.15. The number of benzene rings is 2. The molecule has 3 heteroatoms. The van der Waals surface area contributed by atoms with Crippen LogP contribution in [0, 0.1) is 0 Å². The summed E-state index contributed by atoms with van der Waals surface area (Å²) < 4.78 is 0. The van der Waals surface area contributed by atoms with Gasteiger partial charge in [0.05, 0.1) is 15.7 Å². The number of aliphatic imine (C=N–C) groups is 1. The zero-order chi connectivity index (χ0) is 11.4. The monoisotopic (exact) mass is 249 g/mol. The lowest BCUT2D eigenvalue weighted by atomic mass is 10.2. The maximum Gasteiger partial charge on any atom is 0.0629 e. The summed E-state index contributed by atoms with van der Waals surface area (Å²) in [5, 5.41) is 1.09. The summed E-state index contributed by atoms with van der Waals surface area (Å²) in [4.78, 5) is 4.32. The molecule has 0 amide bonds. The van der Waals surface area contributed by atoms with Crippen molar-refractivity contribution < 1.29 is 0 Å². The lowest BCUT2D eigenvalue weighted by molar-refractivity contribution is 1.53. The first kappa shape index (κ1) is 11.2. The summed E-state index contributed by atoms with van der Waals surface area (Å²) in [6.07, 6.45) is 1.76. The minimum atomic E-state index is 0.540. The summed E-state index contributed by atoms with van der Waals surface area (Å²) in [5.74, 6) is 0. The molecule has 0 saturated heterocycles. The molecule has 0 aliphatic carbocycles. The third kappa shape index (κ3) is 2.84. The molecule has 0 fully saturated rings. The van der Waals surface area contributed by atoms with Crippen LogP contribution in [0.5, 0.6) is 0 Å². The molecule has 0 N–H and O–H groups in total. The minimum Gasteiger partial charge on any atom is -0.256 e. The minimum absolute atomic E-state index is 0.540. The number of hydrogen-bond donors (Lipinski definition) is 0. The predicted molar refractivity (Wildman–Crippen MR) is 70.2 cm³/mol. The van der Waals surface area contributed by atoms with Crippen molar-refractivity contribution in [1.29, 1.82) is 0 Å². The van der Waals surface area contributed by atoms with E-state index in [-0.39, 0.29) is 0 Å². The average Bonchev–Trinajstić information content (AvgIpc) is 2.32. The van der Waals surface area contributed by atoms with Gasteiger partial charge in [0.2, 0.25) is 0 Å². The molecule has 0 bridgehead atoms. The van der Waals surface area contributed by atoms with E-state index in [1.54, 1.807) is 18.3 Å². The zero-order valence-electron chi connectivity index (χ0n) is 8.40. The fraction of sp³-hybridized carbons (Fsp3) is 0. The van der Waals surface area contributed by atoms with E-state index < -0.39 is 0 Å². The van der Waals surface area contributed by atoms with E-state index in [9.17, 15) is 0 Å². The highest BCUT2D eigenvalue weighted by Crippen LogP contribution is 2.22. The Morgan fingerprint density at radius 1 is 0.875 bits per heavy atom. The van der Waals surface area contributed by atoms with Crippen LogP contribution in [0.1, 0.15) is 5.56 Å². The molecule has 0 unspecified atom stereocenters. The van der Waals surface area contributed by atoms with E-state index in [0.29, 0.717) is 10.0 Å². The van der Waals surface area contributed by atoms with Crippen molar-refractivity contribution in [2.24, 2.45) is 4.99 Å². The molecule has 0 radical (unpaired) electrons. The zero-order valence-corrected chi connectivity index (χ0v) is 9.91. The molecule has 0 aromatic heterocycles. The number of rotatable bonds is 2. The molecule has 0 aliphatic rings. The molecule has 0 spiro atoms. The van der Waals surface area contributed by atoms with Crippen LogP contribution in [0.15, 0.2) is 53.5 Å². The van der Waals surface area contributed by atoms with Crippen LogP contribution in [0.3, 0.4) is 0 Å². The largest absolute Gasteiger partial charge is 0.256 e. The molecule has 0 heterocycles.